The average molecular weight is 292 g/mol. The molecule has 1 aliphatic rings. The van der Waals surface area contributed by atoms with E-state index in [1.54, 1.807) is 6.07 Å². The van der Waals surface area contributed by atoms with Gasteiger partial charge in [-0.05, 0) is 24.1 Å². The van der Waals surface area contributed by atoms with E-state index in [1.807, 2.05) is 36.4 Å². The maximum Gasteiger partial charge on any atom is 0.278 e. The third-order valence-electron chi connectivity index (χ3n) is 4.26. The highest BCUT2D eigenvalue weighted by Gasteiger charge is 2.29. The molecule has 2 aromatic carbocycles. The van der Waals surface area contributed by atoms with Crippen LogP contribution in [0.25, 0.3) is 10.9 Å². The lowest BCUT2D eigenvalue weighted by Crippen LogP contribution is -2.44. The molecule has 4 rings (SSSR count). The van der Waals surface area contributed by atoms with E-state index >= 15 is 0 Å². The number of fused-ring (bicyclic) bond motifs is 1. The molecule has 22 heavy (non-hydrogen) atoms. The standard InChI is InChI=1S/C17H16N4O/c22-17-14-8-4-5-9-15(14)18-19-21(17)12-20-11-10-16(20)13-6-2-1-3-7-13/h1-9,16H,10-12H2/t16-/m0/s1. The molecule has 5 heteroatoms. The minimum Gasteiger partial charge on any atom is -0.277 e. The van der Waals surface area contributed by atoms with Crippen LogP contribution in [0.1, 0.15) is 18.0 Å². The largest absolute Gasteiger partial charge is 0.278 e. The second-order valence-corrected chi connectivity index (χ2v) is 5.58. The van der Waals surface area contributed by atoms with Crippen molar-refractivity contribution in [2.45, 2.75) is 19.1 Å². The molecular weight excluding hydrogens is 276 g/mol. The predicted molar refractivity (Wildman–Crippen MR) is 84.3 cm³/mol. The third-order valence-corrected chi connectivity index (χ3v) is 4.26. The minimum absolute atomic E-state index is 0.0793. The molecule has 1 atom stereocenters. The first-order chi connectivity index (χ1) is 10.8. The lowest BCUT2D eigenvalue weighted by Gasteiger charge is -2.40. The summed E-state index contributed by atoms with van der Waals surface area (Å²) in [6.07, 6.45) is 1.11. The Morgan fingerprint density at radius 3 is 2.59 bits per heavy atom. The molecule has 1 saturated heterocycles. The molecule has 0 saturated carbocycles. The molecule has 0 bridgehead atoms. The number of likely N-dealkylation sites (tertiary alicyclic amines) is 1. The fourth-order valence-electron chi connectivity index (χ4n) is 2.95. The smallest absolute Gasteiger partial charge is 0.277 e. The van der Waals surface area contributed by atoms with E-state index < -0.39 is 0 Å². The first-order valence-corrected chi connectivity index (χ1v) is 7.44. The van der Waals surface area contributed by atoms with Crippen LogP contribution in [0.3, 0.4) is 0 Å². The highest BCUT2D eigenvalue weighted by Crippen LogP contribution is 2.32. The summed E-state index contributed by atoms with van der Waals surface area (Å²) in [7, 11) is 0. The molecule has 0 spiro atoms. The Balaban J connectivity index is 1.62. The van der Waals surface area contributed by atoms with Gasteiger partial charge in [0, 0.05) is 12.6 Å². The molecule has 0 N–H and O–H groups in total. The maximum atomic E-state index is 12.5. The molecule has 5 nitrogen and oxygen atoms in total. The molecular formula is C17H16N4O. The van der Waals surface area contributed by atoms with Gasteiger partial charge in [-0.1, -0.05) is 47.7 Å². The molecule has 0 amide bonds. The summed E-state index contributed by atoms with van der Waals surface area (Å²) in [6.45, 7) is 1.46. The van der Waals surface area contributed by atoms with Crippen molar-refractivity contribution in [2.75, 3.05) is 6.54 Å². The summed E-state index contributed by atoms with van der Waals surface area (Å²) in [6, 6.07) is 18.1. The summed E-state index contributed by atoms with van der Waals surface area (Å²) in [5.74, 6) is 0. The van der Waals surface area contributed by atoms with Gasteiger partial charge in [-0.25, -0.2) is 0 Å². The van der Waals surface area contributed by atoms with Crippen LogP contribution in [0.15, 0.2) is 59.4 Å². The lowest BCUT2D eigenvalue weighted by atomic mass is 9.95. The van der Waals surface area contributed by atoms with Crippen molar-refractivity contribution in [3.8, 4) is 0 Å². The zero-order valence-electron chi connectivity index (χ0n) is 12.1. The molecule has 0 radical (unpaired) electrons. The summed E-state index contributed by atoms with van der Waals surface area (Å²) < 4.78 is 1.46. The highest BCUT2D eigenvalue weighted by molar-refractivity contribution is 5.76. The van der Waals surface area contributed by atoms with Gasteiger partial charge >= 0.3 is 0 Å². The van der Waals surface area contributed by atoms with E-state index in [2.05, 4.69) is 27.3 Å². The van der Waals surface area contributed by atoms with Crippen molar-refractivity contribution < 1.29 is 0 Å². The Morgan fingerprint density at radius 1 is 1.05 bits per heavy atom. The molecule has 1 aromatic heterocycles. The van der Waals surface area contributed by atoms with Gasteiger partial charge < -0.3 is 0 Å². The second-order valence-electron chi connectivity index (χ2n) is 5.58. The molecule has 2 heterocycles. The molecule has 1 aliphatic heterocycles. The zero-order chi connectivity index (χ0) is 14.9. The summed E-state index contributed by atoms with van der Waals surface area (Å²) in [4.78, 5) is 14.7. The van der Waals surface area contributed by atoms with Crippen LogP contribution in [0.2, 0.25) is 0 Å². The topological polar surface area (TPSA) is 51.0 Å². The predicted octanol–water partition coefficient (Wildman–Crippen LogP) is 2.20. The van der Waals surface area contributed by atoms with Crippen molar-refractivity contribution in [1.29, 1.82) is 0 Å². The van der Waals surface area contributed by atoms with Crippen molar-refractivity contribution in [2.24, 2.45) is 0 Å². The van der Waals surface area contributed by atoms with E-state index in [0.717, 1.165) is 13.0 Å². The zero-order valence-corrected chi connectivity index (χ0v) is 12.1. The van der Waals surface area contributed by atoms with E-state index in [0.29, 0.717) is 23.6 Å². The fraction of sp³-hybridized carbons (Fsp3) is 0.235. The Labute approximate surface area is 127 Å². The first-order valence-electron chi connectivity index (χ1n) is 7.44. The van der Waals surface area contributed by atoms with Crippen molar-refractivity contribution >= 4 is 10.9 Å². The molecule has 1 fully saturated rings. The third kappa shape index (κ3) is 2.19. The van der Waals surface area contributed by atoms with Gasteiger partial charge in [-0.3, -0.25) is 9.69 Å². The molecule has 3 aromatic rings. The van der Waals surface area contributed by atoms with Crippen molar-refractivity contribution in [3.63, 3.8) is 0 Å². The van der Waals surface area contributed by atoms with Gasteiger partial charge in [-0.15, -0.1) is 5.10 Å². The van der Waals surface area contributed by atoms with Gasteiger partial charge in [0.2, 0.25) is 0 Å². The van der Waals surface area contributed by atoms with Crippen LogP contribution >= 0.6 is 0 Å². The second kappa shape index (κ2) is 5.35. The molecule has 0 unspecified atom stereocenters. The minimum atomic E-state index is -0.0793. The molecule has 110 valence electrons. The summed E-state index contributed by atoms with van der Waals surface area (Å²) >= 11 is 0. The van der Waals surface area contributed by atoms with Gasteiger partial charge in [0.05, 0.1) is 12.1 Å². The van der Waals surface area contributed by atoms with Gasteiger partial charge in [0.25, 0.3) is 5.56 Å². The van der Waals surface area contributed by atoms with E-state index in [4.69, 9.17) is 0 Å². The van der Waals surface area contributed by atoms with E-state index in [9.17, 15) is 4.79 Å². The average Bonchev–Trinajstić information content (AvgIpc) is 2.54. The Hall–Kier alpha value is -2.53. The first kappa shape index (κ1) is 13.2. The SMILES string of the molecule is O=c1c2ccccc2nnn1CN1CC[C@H]1c1ccccc1. The number of hydrogen-bond acceptors (Lipinski definition) is 4. The number of aromatic nitrogens is 3. The number of rotatable bonds is 3. The fourth-order valence-corrected chi connectivity index (χ4v) is 2.95. The van der Waals surface area contributed by atoms with Crippen LogP contribution < -0.4 is 5.56 Å². The van der Waals surface area contributed by atoms with E-state index in [1.165, 1.54) is 10.2 Å². The Bertz CT molecular complexity index is 859. The van der Waals surface area contributed by atoms with Crippen LogP contribution in [0.4, 0.5) is 0 Å². The number of nitrogens with zero attached hydrogens (tertiary/aromatic N) is 4. The summed E-state index contributed by atoms with van der Waals surface area (Å²) in [5, 5.41) is 8.83. The number of hydrogen-bond donors (Lipinski definition) is 0. The molecule has 0 aliphatic carbocycles. The van der Waals surface area contributed by atoms with E-state index in [-0.39, 0.29) is 5.56 Å². The van der Waals surface area contributed by atoms with Crippen LogP contribution in [-0.2, 0) is 6.67 Å². The van der Waals surface area contributed by atoms with Crippen LogP contribution in [0, 0.1) is 0 Å². The quantitative estimate of drug-likeness (QED) is 0.742. The monoisotopic (exact) mass is 292 g/mol. The number of benzene rings is 2. The van der Waals surface area contributed by atoms with Crippen molar-refractivity contribution in [3.05, 3.63) is 70.5 Å². The normalized spacial score (nSPS) is 18.3. The highest BCUT2D eigenvalue weighted by atomic mass is 16.1. The van der Waals surface area contributed by atoms with Crippen LogP contribution in [-0.4, -0.2) is 26.4 Å². The Kier molecular flexibility index (Phi) is 3.20. The summed E-state index contributed by atoms with van der Waals surface area (Å²) in [5.41, 5.74) is 1.85. The lowest BCUT2D eigenvalue weighted by molar-refractivity contribution is 0.0468. The van der Waals surface area contributed by atoms with Gasteiger partial charge in [0.1, 0.15) is 5.52 Å². The maximum absolute atomic E-state index is 12.5. The Morgan fingerprint density at radius 2 is 1.82 bits per heavy atom. The van der Waals surface area contributed by atoms with Crippen molar-refractivity contribution in [1.82, 2.24) is 19.9 Å². The van der Waals surface area contributed by atoms with Gasteiger partial charge in [-0.2, -0.15) is 4.68 Å². The van der Waals surface area contributed by atoms with Crippen LogP contribution in [0.5, 0.6) is 0 Å². The van der Waals surface area contributed by atoms with Gasteiger partial charge in [0.15, 0.2) is 0 Å².